The van der Waals surface area contributed by atoms with Crippen LogP contribution in [0.25, 0.3) is 0 Å². The summed E-state index contributed by atoms with van der Waals surface area (Å²) in [5, 5.41) is 3.31. The highest BCUT2D eigenvalue weighted by Crippen LogP contribution is 2.41. The van der Waals surface area contributed by atoms with Gasteiger partial charge in [0.1, 0.15) is 5.82 Å². The van der Waals surface area contributed by atoms with Crippen molar-refractivity contribution in [2.45, 2.75) is 30.9 Å². The van der Waals surface area contributed by atoms with E-state index in [4.69, 9.17) is 9.47 Å². The average molecular weight is 358 g/mol. The van der Waals surface area contributed by atoms with Crippen LogP contribution in [-0.4, -0.2) is 32.5 Å². The van der Waals surface area contributed by atoms with Gasteiger partial charge < -0.3 is 14.8 Å². The zero-order valence-corrected chi connectivity index (χ0v) is 13.8. The third-order valence-corrected chi connectivity index (χ3v) is 5.17. The van der Waals surface area contributed by atoms with Gasteiger partial charge in [-0.15, -0.1) is 0 Å². The fourth-order valence-electron chi connectivity index (χ4n) is 3.61. The lowest BCUT2D eigenvalue weighted by molar-refractivity contribution is -0.103. The Kier molecular flexibility index (Phi) is 4.64. The van der Waals surface area contributed by atoms with Gasteiger partial charge in [0.2, 0.25) is 0 Å². The van der Waals surface area contributed by atoms with Crippen molar-refractivity contribution in [3.05, 3.63) is 34.1 Å². The van der Waals surface area contributed by atoms with Gasteiger partial charge in [0.15, 0.2) is 0 Å². The summed E-state index contributed by atoms with van der Waals surface area (Å²) in [6.45, 7) is 2.16. The molecule has 2 saturated heterocycles. The van der Waals surface area contributed by atoms with E-state index < -0.39 is 0 Å². The quantitative estimate of drug-likeness (QED) is 0.898. The summed E-state index contributed by atoms with van der Waals surface area (Å²) in [6.07, 6.45) is 2.81. The molecule has 0 saturated carbocycles. The molecule has 0 amide bonds. The third-order valence-electron chi connectivity index (χ3n) is 4.67. The molecule has 116 valence electrons. The Morgan fingerprint density at radius 3 is 3.00 bits per heavy atom. The Balaban J connectivity index is 1.84. The summed E-state index contributed by atoms with van der Waals surface area (Å²) in [6, 6.07) is 5.15. The fraction of sp³-hybridized carbons (Fsp3) is 0.625. The molecule has 1 spiro atoms. The van der Waals surface area contributed by atoms with Crippen LogP contribution in [0.15, 0.2) is 22.7 Å². The largest absolute Gasteiger partial charge is 0.378 e. The molecule has 2 aliphatic rings. The van der Waals surface area contributed by atoms with Gasteiger partial charge in [0.05, 0.1) is 12.2 Å². The minimum Gasteiger partial charge on any atom is -0.378 e. The van der Waals surface area contributed by atoms with E-state index in [-0.39, 0.29) is 17.5 Å². The maximum Gasteiger partial charge on any atom is 0.128 e. The normalized spacial score (nSPS) is 30.7. The number of halogens is 2. The van der Waals surface area contributed by atoms with Crippen LogP contribution in [0, 0.1) is 11.7 Å². The first kappa shape index (κ1) is 15.4. The zero-order valence-electron chi connectivity index (χ0n) is 12.2. The van der Waals surface area contributed by atoms with Crippen molar-refractivity contribution in [2.24, 2.45) is 5.92 Å². The van der Waals surface area contributed by atoms with Crippen molar-refractivity contribution in [3.63, 3.8) is 0 Å². The first-order valence-electron chi connectivity index (χ1n) is 7.47. The van der Waals surface area contributed by atoms with Gasteiger partial charge in [-0.3, -0.25) is 0 Å². The first-order chi connectivity index (χ1) is 10.1. The van der Waals surface area contributed by atoms with Crippen molar-refractivity contribution in [3.8, 4) is 0 Å². The van der Waals surface area contributed by atoms with Gasteiger partial charge in [0, 0.05) is 35.7 Å². The van der Waals surface area contributed by atoms with E-state index in [1.54, 1.807) is 6.07 Å². The third kappa shape index (κ3) is 3.16. The summed E-state index contributed by atoms with van der Waals surface area (Å²) >= 11 is 3.44. The molecule has 2 heterocycles. The van der Waals surface area contributed by atoms with Crippen molar-refractivity contribution in [1.29, 1.82) is 0 Å². The van der Waals surface area contributed by atoms with Crippen molar-refractivity contribution in [1.82, 2.24) is 5.32 Å². The SMILES string of the molecule is CNC(c1cc(Br)ccc1F)C1CCOC2(CCOC2)C1. The van der Waals surface area contributed by atoms with E-state index in [1.165, 1.54) is 6.07 Å². The Morgan fingerprint density at radius 1 is 1.43 bits per heavy atom. The highest BCUT2D eigenvalue weighted by Gasteiger charge is 2.43. The zero-order chi connectivity index (χ0) is 14.9. The smallest absolute Gasteiger partial charge is 0.128 e. The number of hydrogen-bond acceptors (Lipinski definition) is 3. The number of benzene rings is 1. The molecule has 0 aliphatic carbocycles. The minimum absolute atomic E-state index is 0.00359. The second-order valence-electron chi connectivity index (χ2n) is 6.02. The molecule has 3 nitrogen and oxygen atoms in total. The summed E-state index contributed by atoms with van der Waals surface area (Å²) < 4.78 is 26.6. The molecular formula is C16H21BrFNO2. The lowest BCUT2D eigenvalue weighted by Gasteiger charge is -2.40. The van der Waals surface area contributed by atoms with Gasteiger partial charge in [0.25, 0.3) is 0 Å². The minimum atomic E-state index is -0.152. The molecule has 0 aromatic heterocycles. The standard InChI is InChI=1S/C16H21BrFNO2/c1-19-15(13-8-12(17)2-3-14(13)18)11-4-6-21-16(9-11)5-7-20-10-16/h2-3,8,11,15,19H,4-7,9-10H2,1H3. The highest BCUT2D eigenvalue weighted by atomic mass is 79.9. The molecule has 1 aromatic carbocycles. The van der Waals surface area contributed by atoms with E-state index in [1.807, 2.05) is 13.1 Å². The Hall–Kier alpha value is -0.490. The lowest BCUT2D eigenvalue weighted by Crippen LogP contribution is -2.43. The molecule has 5 heteroatoms. The monoisotopic (exact) mass is 357 g/mol. The molecule has 21 heavy (non-hydrogen) atoms. The van der Waals surface area contributed by atoms with E-state index in [2.05, 4.69) is 21.2 Å². The summed E-state index contributed by atoms with van der Waals surface area (Å²) in [7, 11) is 1.90. The van der Waals surface area contributed by atoms with Crippen LogP contribution in [0.2, 0.25) is 0 Å². The Morgan fingerprint density at radius 2 is 2.29 bits per heavy atom. The molecule has 2 fully saturated rings. The van der Waals surface area contributed by atoms with Crippen LogP contribution in [-0.2, 0) is 9.47 Å². The molecule has 0 bridgehead atoms. The summed E-state index contributed by atoms with van der Waals surface area (Å²) in [5.74, 6) is 0.204. The second-order valence-corrected chi connectivity index (χ2v) is 6.93. The summed E-state index contributed by atoms with van der Waals surface area (Å²) in [4.78, 5) is 0. The Bertz CT molecular complexity index is 505. The number of nitrogens with one attached hydrogen (secondary N) is 1. The molecule has 2 aliphatic heterocycles. The lowest BCUT2D eigenvalue weighted by atomic mass is 9.79. The van der Waals surface area contributed by atoms with E-state index >= 15 is 0 Å². The molecule has 3 rings (SSSR count). The first-order valence-corrected chi connectivity index (χ1v) is 8.27. The predicted molar refractivity (Wildman–Crippen MR) is 82.7 cm³/mol. The molecular weight excluding hydrogens is 337 g/mol. The van der Waals surface area contributed by atoms with Gasteiger partial charge >= 0.3 is 0 Å². The van der Waals surface area contributed by atoms with Crippen LogP contribution in [0.1, 0.15) is 30.9 Å². The van der Waals surface area contributed by atoms with Gasteiger partial charge in [-0.2, -0.15) is 0 Å². The van der Waals surface area contributed by atoms with Crippen LogP contribution in [0.3, 0.4) is 0 Å². The van der Waals surface area contributed by atoms with Crippen LogP contribution >= 0.6 is 15.9 Å². The number of hydrogen-bond donors (Lipinski definition) is 1. The van der Waals surface area contributed by atoms with Crippen LogP contribution in [0.5, 0.6) is 0 Å². The van der Waals surface area contributed by atoms with Crippen LogP contribution in [0.4, 0.5) is 4.39 Å². The number of rotatable bonds is 3. The molecule has 3 atom stereocenters. The molecule has 3 unspecified atom stereocenters. The van der Waals surface area contributed by atoms with Gasteiger partial charge in [-0.1, -0.05) is 15.9 Å². The fourth-order valence-corrected chi connectivity index (χ4v) is 3.99. The predicted octanol–water partition coefficient (Wildman–Crippen LogP) is 3.43. The van der Waals surface area contributed by atoms with Crippen LogP contribution < -0.4 is 5.32 Å². The summed E-state index contributed by atoms with van der Waals surface area (Å²) in [5.41, 5.74) is 0.577. The molecule has 0 radical (unpaired) electrons. The maximum absolute atomic E-state index is 14.2. The highest BCUT2D eigenvalue weighted by molar-refractivity contribution is 9.10. The molecule has 1 aromatic rings. The average Bonchev–Trinajstić information content (AvgIpc) is 2.91. The van der Waals surface area contributed by atoms with Gasteiger partial charge in [-0.25, -0.2) is 4.39 Å². The topological polar surface area (TPSA) is 30.5 Å². The maximum atomic E-state index is 14.2. The Labute approximate surface area is 133 Å². The number of ether oxygens (including phenoxy) is 2. The van der Waals surface area contributed by atoms with E-state index in [0.29, 0.717) is 12.5 Å². The van der Waals surface area contributed by atoms with Crippen molar-refractivity contribution >= 4 is 15.9 Å². The van der Waals surface area contributed by atoms with Crippen molar-refractivity contribution < 1.29 is 13.9 Å². The van der Waals surface area contributed by atoms with E-state index in [9.17, 15) is 4.39 Å². The van der Waals surface area contributed by atoms with E-state index in [0.717, 1.165) is 42.5 Å². The van der Waals surface area contributed by atoms with Crippen molar-refractivity contribution in [2.75, 3.05) is 26.9 Å². The van der Waals surface area contributed by atoms with Gasteiger partial charge in [-0.05, 0) is 44.0 Å². The molecule has 1 N–H and O–H groups in total. The second kappa shape index (κ2) is 6.32.